The molecule has 6 heteroatoms. The Balaban J connectivity index is 1.58. The van der Waals surface area contributed by atoms with Gasteiger partial charge in [0.05, 0.1) is 6.54 Å². The second-order valence-corrected chi connectivity index (χ2v) is 7.08. The van der Waals surface area contributed by atoms with Gasteiger partial charge in [-0.3, -0.25) is 4.79 Å². The molecule has 1 amide bonds. The first-order chi connectivity index (χ1) is 12.2. The maximum atomic E-state index is 12.5. The SMILES string of the molecule is NCC1(CC(=O)NCc2ccccc2Cn2cncn2)CCCCC1. The first kappa shape index (κ1) is 17.6. The van der Waals surface area contributed by atoms with Crippen molar-refractivity contribution in [1.82, 2.24) is 20.1 Å². The van der Waals surface area contributed by atoms with Gasteiger partial charge in [0.25, 0.3) is 0 Å². The lowest BCUT2D eigenvalue weighted by Crippen LogP contribution is -2.38. The smallest absolute Gasteiger partial charge is 0.220 e. The maximum Gasteiger partial charge on any atom is 0.220 e. The number of nitrogens with one attached hydrogen (secondary N) is 1. The summed E-state index contributed by atoms with van der Waals surface area (Å²) in [5, 5.41) is 7.24. The molecule has 0 bridgehead atoms. The summed E-state index contributed by atoms with van der Waals surface area (Å²) in [5.74, 6) is 0.0999. The van der Waals surface area contributed by atoms with E-state index >= 15 is 0 Å². The van der Waals surface area contributed by atoms with Crippen molar-refractivity contribution >= 4 is 5.91 Å². The van der Waals surface area contributed by atoms with Gasteiger partial charge in [-0.25, -0.2) is 9.67 Å². The van der Waals surface area contributed by atoms with Crippen LogP contribution >= 0.6 is 0 Å². The molecule has 0 atom stereocenters. The monoisotopic (exact) mass is 341 g/mol. The lowest BCUT2D eigenvalue weighted by atomic mass is 9.71. The molecule has 1 saturated carbocycles. The minimum atomic E-state index is 0.00256. The van der Waals surface area contributed by atoms with Crippen LogP contribution < -0.4 is 11.1 Å². The van der Waals surface area contributed by atoms with E-state index in [0.29, 0.717) is 26.1 Å². The van der Waals surface area contributed by atoms with E-state index in [1.165, 1.54) is 25.6 Å². The fourth-order valence-corrected chi connectivity index (χ4v) is 3.72. The van der Waals surface area contributed by atoms with Crippen LogP contribution in [0.15, 0.2) is 36.9 Å². The van der Waals surface area contributed by atoms with Crippen molar-refractivity contribution in [3.63, 3.8) is 0 Å². The Morgan fingerprint density at radius 3 is 2.64 bits per heavy atom. The molecule has 1 aliphatic carbocycles. The maximum absolute atomic E-state index is 12.5. The molecule has 6 nitrogen and oxygen atoms in total. The van der Waals surface area contributed by atoms with Gasteiger partial charge in [-0.15, -0.1) is 0 Å². The minimum Gasteiger partial charge on any atom is -0.352 e. The lowest BCUT2D eigenvalue weighted by Gasteiger charge is -2.35. The zero-order valence-corrected chi connectivity index (χ0v) is 14.7. The summed E-state index contributed by atoms with van der Waals surface area (Å²) < 4.78 is 1.78. The Hall–Kier alpha value is -2.21. The first-order valence-electron chi connectivity index (χ1n) is 9.07. The second kappa shape index (κ2) is 8.25. The number of hydrogen-bond acceptors (Lipinski definition) is 4. The fraction of sp³-hybridized carbons (Fsp3) is 0.526. The largest absolute Gasteiger partial charge is 0.352 e. The number of carbonyl (C=O) groups is 1. The van der Waals surface area contributed by atoms with Crippen molar-refractivity contribution in [1.29, 1.82) is 0 Å². The summed E-state index contributed by atoms with van der Waals surface area (Å²) in [4.78, 5) is 16.5. The van der Waals surface area contributed by atoms with Crippen LogP contribution in [0.3, 0.4) is 0 Å². The Kier molecular flexibility index (Phi) is 5.81. The summed E-state index contributed by atoms with van der Waals surface area (Å²) in [5.41, 5.74) is 8.25. The van der Waals surface area contributed by atoms with E-state index in [4.69, 9.17) is 5.73 Å². The summed E-state index contributed by atoms with van der Waals surface area (Å²) in [7, 11) is 0. The number of aromatic nitrogens is 3. The molecule has 0 aliphatic heterocycles. The van der Waals surface area contributed by atoms with E-state index < -0.39 is 0 Å². The number of nitrogens with two attached hydrogens (primary N) is 1. The molecular weight excluding hydrogens is 314 g/mol. The standard InChI is InChI=1S/C19H27N5O/c20-13-19(8-4-1-5-9-19)10-18(25)22-11-16-6-2-3-7-17(16)12-24-15-21-14-23-24/h2-3,6-7,14-15H,1,4-5,8-13,20H2,(H,22,25). The van der Waals surface area contributed by atoms with Crippen molar-refractivity contribution in [3.8, 4) is 0 Å². The number of carbonyl (C=O) groups excluding carboxylic acids is 1. The molecule has 1 aromatic heterocycles. The Labute approximate surface area is 148 Å². The van der Waals surface area contributed by atoms with E-state index in [0.717, 1.165) is 24.0 Å². The van der Waals surface area contributed by atoms with Crippen molar-refractivity contribution in [2.75, 3.05) is 6.54 Å². The highest BCUT2D eigenvalue weighted by Crippen LogP contribution is 2.38. The van der Waals surface area contributed by atoms with E-state index in [-0.39, 0.29) is 11.3 Å². The molecule has 3 N–H and O–H groups in total. The summed E-state index contributed by atoms with van der Waals surface area (Å²) in [6.07, 6.45) is 9.54. The number of hydrogen-bond donors (Lipinski definition) is 2. The molecule has 1 aliphatic rings. The van der Waals surface area contributed by atoms with Crippen LogP contribution in [0, 0.1) is 5.41 Å². The quantitative estimate of drug-likeness (QED) is 0.809. The molecule has 2 aromatic rings. The van der Waals surface area contributed by atoms with Gasteiger partial charge in [-0.05, 0) is 35.9 Å². The van der Waals surface area contributed by atoms with Crippen LogP contribution in [-0.4, -0.2) is 27.2 Å². The van der Waals surface area contributed by atoms with Gasteiger partial charge < -0.3 is 11.1 Å². The zero-order valence-electron chi connectivity index (χ0n) is 14.7. The topological polar surface area (TPSA) is 85.8 Å². The summed E-state index contributed by atoms with van der Waals surface area (Å²) in [6, 6.07) is 8.11. The van der Waals surface area contributed by atoms with Crippen molar-refractivity contribution < 1.29 is 4.79 Å². The number of rotatable bonds is 7. The molecule has 3 rings (SSSR count). The van der Waals surface area contributed by atoms with E-state index in [1.54, 1.807) is 11.0 Å². The highest BCUT2D eigenvalue weighted by Gasteiger charge is 2.32. The Morgan fingerprint density at radius 2 is 1.96 bits per heavy atom. The Morgan fingerprint density at radius 1 is 1.20 bits per heavy atom. The van der Waals surface area contributed by atoms with Gasteiger partial charge in [0, 0.05) is 13.0 Å². The second-order valence-electron chi connectivity index (χ2n) is 7.08. The van der Waals surface area contributed by atoms with Crippen molar-refractivity contribution in [3.05, 3.63) is 48.0 Å². The molecule has 1 fully saturated rings. The molecule has 134 valence electrons. The van der Waals surface area contributed by atoms with Crippen molar-refractivity contribution in [2.45, 2.75) is 51.6 Å². The average Bonchev–Trinajstić information content (AvgIpc) is 3.15. The van der Waals surface area contributed by atoms with Gasteiger partial charge in [-0.1, -0.05) is 43.5 Å². The molecule has 0 spiro atoms. The van der Waals surface area contributed by atoms with Gasteiger partial charge in [0.15, 0.2) is 0 Å². The lowest BCUT2D eigenvalue weighted by molar-refractivity contribution is -0.124. The molecule has 0 radical (unpaired) electrons. The van der Waals surface area contributed by atoms with E-state index in [1.807, 2.05) is 18.2 Å². The number of benzene rings is 1. The molecule has 25 heavy (non-hydrogen) atoms. The van der Waals surface area contributed by atoms with Crippen LogP contribution in [0.1, 0.15) is 49.7 Å². The molecule has 1 aromatic carbocycles. The highest BCUT2D eigenvalue weighted by atomic mass is 16.1. The van der Waals surface area contributed by atoms with E-state index in [9.17, 15) is 4.79 Å². The predicted molar refractivity (Wildman–Crippen MR) is 96.6 cm³/mol. The molecule has 1 heterocycles. The van der Waals surface area contributed by atoms with Crippen LogP contribution in [-0.2, 0) is 17.9 Å². The zero-order chi connectivity index (χ0) is 17.5. The third kappa shape index (κ3) is 4.66. The van der Waals surface area contributed by atoms with E-state index in [2.05, 4.69) is 21.5 Å². The van der Waals surface area contributed by atoms with Gasteiger partial charge in [0.2, 0.25) is 5.91 Å². The third-order valence-corrected chi connectivity index (χ3v) is 5.28. The van der Waals surface area contributed by atoms with Crippen LogP contribution in [0.2, 0.25) is 0 Å². The molecule has 0 unspecified atom stereocenters. The number of nitrogens with zero attached hydrogens (tertiary/aromatic N) is 3. The number of amides is 1. The third-order valence-electron chi connectivity index (χ3n) is 5.28. The minimum absolute atomic E-state index is 0.00256. The summed E-state index contributed by atoms with van der Waals surface area (Å²) in [6.45, 7) is 1.78. The van der Waals surface area contributed by atoms with Gasteiger partial charge in [-0.2, -0.15) is 5.10 Å². The Bertz CT molecular complexity index is 677. The average molecular weight is 341 g/mol. The predicted octanol–water partition coefficient (Wildman–Crippen LogP) is 2.24. The summed E-state index contributed by atoms with van der Waals surface area (Å²) >= 11 is 0. The van der Waals surface area contributed by atoms with Crippen LogP contribution in [0.4, 0.5) is 0 Å². The van der Waals surface area contributed by atoms with Gasteiger partial charge >= 0.3 is 0 Å². The van der Waals surface area contributed by atoms with Crippen LogP contribution in [0.25, 0.3) is 0 Å². The van der Waals surface area contributed by atoms with Crippen molar-refractivity contribution in [2.24, 2.45) is 11.1 Å². The molecule has 0 saturated heterocycles. The first-order valence-corrected chi connectivity index (χ1v) is 9.07. The van der Waals surface area contributed by atoms with Crippen LogP contribution in [0.5, 0.6) is 0 Å². The highest BCUT2D eigenvalue weighted by molar-refractivity contribution is 5.76. The normalized spacial score (nSPS) is 16.5. The van der Waals surface area contributed by atoms with Gasteiger partial charge in [0.1, 0.15) is 12.7 Å². The molecular formula is C19H27N5O. The fourth-order valence-electron chi connectivity index (χ4n) is 3.72.